The van der Waals surface area contributed by atoms with Crippen LogP contribution in [0.3, 0.4) is 0 Å². The van der Waals surface area contributed by atoms with Crippen molar-refractivity contribution < 1.29 is 0 Å². The van der Waals surface area contributed by atoms with E-state index in [4.69, 9.17) is 5.73 Å². The normalized spacial score (nSPS) is 11.8. The summed E-state index contributed by atoms with van der Waals surface area (Å²) in [6.45, 7) is 25.8. The zero-order valence-corrected chi connectivity index (χ0v) is 44.1. The first-order chi connectivity index (χ1) is 35.3. The monoisotopic (exact) mass is 942 g/mol. The molecule has 2 nitrogen and oxygen atoms in total. The largest absolute Gasteiger partial charge is 0.398 e. The molecule has 0 aromatic heterocycles. The highest BCUT2D eigenvalue weighted by atomic mass is 15.2. The lowest BCUT2D eigenvalue weighted by Crippen LogP contribution is -2.21. The molecule has 0 spiro atoms. The molecule has 0 radical (unpaired) electrons. The van der Waals surface area contributed by atoms with Gasteiger partial charge in [-0.2, -0.15) is 0 Å². The van der Waals surface area contributed by atoms with Crippen LogP contribution in [-0.4, -0.2) is 0 Å². The van der Waals surface area contributed by atoms with E-state index in [9.17, 15) is 0 Å². The Morgan fingerprint density at radius 2 is 0.438 bits per heavy atom. The number of nitrogens with zero attached hydrogens (tertiary/aromatic N) is 1. The van der Waals surface area contributed by atoms with Gasteiger partial charge in [-0.1, -0.05) is 146 Å². The van der Waals surface area contributed by atoms with Gasteiger partial charge in [-0.05, 0) is 248 Å². The molecule has 0 heterocycles. The highest BCUT2D eigenvalue weighted by Gasteiger charge is 2.33. The average Bonchev–Trinajstić information content (AvgIpc) is 3.40. The second-order valence-corrected chi connectivity index (χ2v) is 20.9. The molecule has 0 bridgehead atoms. The van der Waals surface area contributed by atoms with E-state index in [1.807, 2.05) is 0 Å². The lowest BCUT2D eigenvalue weighted by Gasteiger charge is -2.38. The van der Waals surface area contributed by atoms with Crippen LogP contribution in [0.1, 0.15) is 61.2 Å². The van der Waals surface area contributed by atoms with Gasteiger partial charge in [0.15, 0.2) is 0 Å². The zero-order chi connectivity index (χ0) is 50.7. The molecule has 0 aliphatic heterocycles. The number of hydrogen-bond acceptors (Lipinski definition) is 2. The summed E-state index contributed by atoms with van der Waals surface area (Å²) in [7, 11) is 0. The number of benzene rings is 12. The van der Waals surface area contributed by atoms with Crippen LogP contribution in [0.2, 0.25) is 0 Å². The third-order valence-corrected chi connectivity index (χ3v) is 17.2. The summed E-state index contributed by atoms with van der Waals surface area (Å²) in [6, 6.07) is 60.2. The first-order valence-corrected chi connectivity index (χ1v) is 25.9. The fourth-order valence-electron chi connectivity index (χ4n) is 13.0. The van der Waals surface area contributed by atoms with E-state index >= 15 is 0 Å². The van der Waals surface area contributed by atoms with Crippen LogP contribution >= 0.6 is 0 Å². The molecule has 0 unspecified atom stereocenters. The molecule has 12 aromatic rings. The average molecular weight is 943 g/mol. The van der Waals surface area contributed by atoms with Crippen molar-refractivity contribution in [2.24, 2.45) is 0 Å². The maximum atomic E-state index is 7.82. The molecule has 0 aliphatic carbocycles. The molecule has 356 valence electrons. The van der Waals surface area contributed by atoms with Gasteiger partial charge in [0, 0.05) is 11.3 Å². The summed E-state index contributed by atoms with van der Waals surface area (Å²) < 4.78 is 0. The molecule has 0 saturated carbocycles. The van der Waals surface area contributed by atoms with Crippen molar-refractivity contribution in [2.45, 2.75) is 76.2 Å². The van der Waals surface area contributed by atoms with Crippen molar-refractivity contribution in [1.82, 2.24) is 0 Å². The van der Waals surface area contributed by atoms with Crippen molar-refractivity contribution in [1.29, 1.82) is 0 Å². The highest BCUT2D eigenvalue weighted by molar-refractivity contribution is 6.18. The zero-order valence-electron chi connectivity index (χ0n) is 44.1. The fourth-order valence-corrected chi connectivity index (χ4v) is 13.0. The molecule has 12 aromatic carbocycles. The molecule has 2 N–H and O–H groups in total. The molecule has 0 fully saturated rings. The Balaban J connectivity index is 1.20. The third kappa shape index (κ3) is 6.76. The molecular weight excluding hydrogens is 881 g/mol. The summed E-state index contributed by atoms with van der Waals surface area (Å²) in [5.74, 6) is 0. The Kier molecular flexibility index (Phi) is 10.8. The van der Waals surface area contributed by atoms with E-state index in [0.717, 1.165) is 22.5 Å². The molecule has 0 saturated heterocycles. The molecule has 0 atom stereocenters. The quantitative estimate of drug-likeness (QED) is 0.133. The van der Waals surface area contributed by atoms with Crippen LogP contribution < -0.4 is 10.6 Å². The number of fused-ring (bicyclic) bond motifs is 6. The predicted octanol–water partition coefficient (Wildman–Crippen LogP) is 20.1. The van der Waals surface area contributed by atoms with Crippen molar-refractivity contribution >= 4 is 87.4 Å². The molecule has 0 amide bonds. The van der Waals surface area contributed by atoms with Gasteiger partial charge in [0.2, 0.25) is 0 Å². The van der Waals surface area contributed by atoms with Crippen LogP contribution in [-0.2, 0) is 0 Å². The van der Waals surface area contributed by atoms with Gasteiger partial charge in [0.1, 0.15) is 0 Å². The molecule has 12 rings (SSSR count). The van der Waals surface area contributed by atoms with Crippen molar-refractivity contribution in [2.75, 3.05) is 10.6 Å². The molecule has 0 aliphatic rings. The second kappa shape index (κ2) is 17.2. The third-order valence-electron chi connectivity index (χ3n) is 17.2. The Hall–Kier alpha value is -8.20. The smallest absolute Gasteiger partial charge is 0.0544 e. The minimum Gasteiger partial charge on any atom is -0.398 e. The van der Waals surface area contributed by atoms with E-state index in [0.29, 0.717) is 0 Å². The lowest BCUT2D eigenvalue weighted by molar-refractivity contribution is 1.11. The van der Waals surface area contributed by atoms with Crippen LogP contribution in [0.4, 0.5) is 22.7 Å². The van der Waals surface area contributed by atoms with Gasteiger partial charge >= 0.3 is 0 Å². The Morgan fingerprint density at radius 1 is 0.233 bits per heavy atom. The van der Waals surface area contributed by atoms with Gasteiger partial charge in [-0.3, -0.25) is 0 Å². The Morgan fingerprint density at radius 3 is 0.699 bits per heavy atom. The molecule has 73 heavy (non-hydrogen) atoms. The number of rotatable bonds is 6. The van der Waals surface area contributed by atoms with E-state index in [2.05, 4.69) is 245 Å². The topological polar surface area (TPSA) is 29.3 Å². The maximum Gasteiger partial charge on any atom is 0.0544 e. The molecular formula is C71H62N2. The van der Waals surface area contributed by atoms with E-state index in [1.165, 1.54) is 159 Å². The minimum absolute atomic E-state index is 0.815. The Bertz CT molecular complexity index is 3640. The first-order valence-electron chi connectivity index (χ1n) is 25.9. The van der Waals surface area contributed by atoms with E-state index < -0.39 is 0 Å². The number of nitrogen functional groups attached to an aromatic ring is 1. The summed E-state index contributed by atoms with van der Waals surface area (Å²) >= 11 is 0. The molecule has 2 heteroatoms. The number of hydrogen-bond donors (Lipinski definition) is 1. The summed E-state index contributed by atoms with van der Waals surface area (Å²) in [5.41, 5.74) is 33.4. The van der Waals surface area contributed by atoms with E-state index in [1.54, 1.807) is 0 Å². The van der Waals surface area contributed by atoms with Gasteiger partial charge in [-0.15, -0.1) is 0 Å². The summed E-state index contributed by atoms with van der Waals surface area (Å²) in [4.78, 5) is 2.66. The van der Waals surface area contributed by atoms with Gasteiger partial charge in [0.25, 0.3) is 0 Å². The maximum absolute atomic E-state index is 7.82. The van der Waals surface area contributed by atoms with E-state index in [-0.39, 0.29) is 0 Å². The second-order valence-electron chi connectivity index (χ2n) is 20.9. The predicted molar refractivity (Wildman–Crippen MR) is 319 cm³/mol. The standard InChI is InChI=1S/C71H62N2/c1-39-44(6)69(45(7)40(2)62(39)65-56-30-18-12-24-50(56)36-51-25-13-19-31-57(51)65)73(70-46(8)41(3)63(42(4)47(70)9)66-58-32-20-14-26-52(58)37-53-27-15-21-33-59(53)66)71-48(10)43(5)64(68(72)49(71)11)67-60-34-22-16-28-54(60)38-55-29-17-23-35-61(55)67/h12-38H,72H2,1-11H3. The summed E-state index contributed by atoms with van der Waals surface area (Å²) in [6.07, 6.45) is 0. The highest BCUT2D eigenvalue weighted by Crippen LogP contribution is 2.55. The van der Waals surface area contributed by atoms with Crippen molar-refractivity contribution in [3.05, 3.63) is 225 Å². The number of anilines is 4. The minimum atomic E-state index is 0.815. The Labute approximate surface area is 430 Å². The van der Waals surface area contributed by atoms with Crippen LogP contribution in [0.5, 0.6) is 0 Å². The van der Waals surface area contributed by atoms with Gasteiger partial charge in [0.05, 0.1) is 17.1 Å². The fraction of sp³-hybridized carbons (Fsp3) is 0.155. The number of nitrogens with two attached hydrogens (primary N) is 1. The van der Waals surface area contributed by atoms with Gasteiger partial charge < -0.3 is 10.6 Å². The van der Waals surface area contributed by atoms with Crippen LogP contribution in [0.25, 0.3) is 98.0 Å². The summed E-state index contributed by atoms with van der Waals surface area (Å²) in [5, 5.41) is 15.0. The van der Waals surface area contributed by atoms with Gasteiger partial charge in [-0.25, -0.2) is 0 Å². The lowest BCUT2D eigenvalue weighted by atomic mass is 9.81. The van der Waals surface area contributed by atoms with Crippen LogP contribution in [0.15, 0.2) is 164 Å². The SMILES string of the molecule is Cc1c(C)c(N(c2c(C)c(C)c(-c3c4ccccc4cc4ccccc34)c(C)c2C)c2c(C)c(C)c(-c3c4ccccc4cc4ccccc34)c(N)c2C)c(C)c(C)c1-c1c2ccccc2cc2ccccc12. The van der Waals surface area contributed by atoms with Crippen molar-refractivity contribution in [3.63, 3.8) is 0 Å². The van der Waals surface area contributed by atoms with Crippen LogP contribution in [0, 0.1) is 76.2 Å². The van der Waals surface area contributed by atoms with Crippen molar-refractivity contribution in [3.8, 4) is 33.4 Å². The first kappa shape index (κ1) is 45.9.